The Morgan fingerprint density at radius 3 is 2.58 bits per heavy atom. The summed E-state index contributed by atoms with van der Waals surface area (Å²) in [4.78, 5) is 8.81. The Morgan fingerprint density at radius 2 is 1.81 bits per heavy atom. The van der Waals surface area contributed by atoms with E-state index in [-0.39, 0.29) is 0 Å². The predicted octanol–water partition coefficient (Wildman–Crippen LogP) is 4.45. The van der Waals surface area contributed by atoms with Gasteiger partial charge in [0.25, 0.3) is 0 Å². The number of nitrogens with zero attached hydrogens (tertiary/aromatic N) is 2. The van der Waals surface area contributed by atoms with Gasteiger partial charge in [0.1, 0.15) is 11.6 Å². The van der Waals surface area contributed by atoms with Crippen molar-refractivity contribution in [2.75, 3.05) is 24.3 Å². The normalized spacial score (nSPS) is 10.4. The molecule has 0 bridgehead atoms. The topological polar surface area (TPSA) is 59.1 Å². The molecule has 1 aromatic heterocycles. The summed E-state index contributed by atoms with van der Waals surface area (Å²) >= 11 is 0. The smallest absolute Gasteiger partial charge is 0.229 e. The van der Waals surface area contributed by atoms with Crippen molar-refractivity contribution >= 4 is 17.5 Å². The van der Waals surface area contributed by atoms with Gasteiger partial charge in [-0.2, -0.15) is 4.98 Å². The van der Waals surface area contributed by atoms with Gasteiger partial charge in [-0.15, -0.1) is 0 Å². The third-order valence-electron chi connectivity index (χ3n) is 4.17. The molecule has 3 rings (SSSR count). The molecule has 5 heteroatoms. The summed E-state index contributed by atoms with van der Waals surface area (Å²) in [5.41, 5.74) is 3.46. The molecule has 0 atom stereocenters. The van der Waals surface area contributed by atoms with E-state index in [4.69, 9.17) is 4.74 Å². The van der Waals surface area contributed by atoms with Gasteiger partial charge >= 0.3 is 0 Å². The van der Waals surface area contributed by atoms with Crippen molar-refractivity contribution in [2.45, 2.75) is 19.8 Å². The van der Waals surface area contributed by atoms with E-state index in [1.54, 1.807) is 13.3 Å². The first kappa shape index (κ1) is 17.7. The number of anilines is 3. The van der Waals surface area contributed by atoms with Crippen LogP contribution >= 0.6 is 0 Å². The van der Waals surface area contributed by atoms with Gasteiger partial charge in [0, 0.05) is 18.4 Å². The summed E-state index contributed by atoms with van der Waals surface area (Å²) in [5.74, 6) is 2.29. The van der Waals surface area contributed by atoms with Crippen LogP contribution in [0.3, 0.4) is 0 Å². The molecule has 134 valence electrons. The Bertz CT molecular complexity index is 833. The molecule has 0 spiro atoms. The van der Waals surface area contributed by atoms with Crippen LogP contribution in [0.2, 0.25) is 0 Å². The third-order valence-corrected chi connectivity index (χ3v) is 4.17. The Labute approximate surface area is 154 Å². The summed E-state index contributed by atoms with van der Waals surface area (Å²) in [7, 11) is 1.70. The summed E-state index contributed by atoms with van der Waals surface area (Å²) < 4.78 is 5.39. The van der Waals surface area contributed by atoms with Crippen LogP contribution in [0.5, 0.6) is 5.75 Å². The van der Waals surface area contributed by atoms with Crippen LogP contribution in [0.1, 0.15) is 18.1 Å². The minimum absolute atomic E-state index is 0.580. The second-order valence-electron chi connectivity index (χ2n) is 5.93. The van der Waals surface area contributed by atoms with Crippen molar-refractivity contribution in [3.63, 3.8) is 0 Å². The molecule has 0 radical (unpaired) electrons. The van der Waals surface area contributed by atoms with Crippen molar-refractivity contribution in [2.24, 2.45) is 0 Å². The van der Waals surface area contributed by atoms with Gasteiger partial charge in [0.2, 0.25) is 5.95 Å². The Morgan fingerprint density at radius 1 is 1.00 bits per heavy atom. The first-order valence-corrected chi connectivity index (χ1v) is 8.83. The highest BCUT2D eigenvalue weighted by Crippen LogP contribution is 2.18. The third kappa shape index (κ3) is 4.72. The number of benzene rings is 2. The van der Waals surface area contributed by atoms with Crippen molar-refractivity contribution < 1.29 is 4.74 Å². The van der Waals surface area contributed by atoms with Crippen molar-refractivity contribution in [1.82, 2.24) is 9.97 Å². The molecule has 1 heterocycles. The maximum Gasteiger partial charge on any atom is 0.229 e. The molecule has 26 heavy (non-hydrogen) atoms. The Balaban J connectivity index is 1.58. The van der Waals surface area contributed by atoms with Crippen LogP contribution in [-0.2, 0) is 12.8 Å². The van der Waals surface area contributed by atoms with E-state index < -0.39 is 0 Å². The van der Waals surface area contributed by atoms with Crippen LogP contribution in [-0.4, -0.2) is 23.6 Å². The van der Waals surface area contributed by atoms with Gasteiger partial charge in [-0.25, -0.2) is 4.98 Å². The zero-order chi connectivity index (χ0) is 18.2. The molecular formula is C21H24N4O. The minimum atomic E-state index is 0.580. The molecule has 5 nitrogen and oxygen atoms in total. The van der Waals surface area contributed by atoms with Crippen LogP contribution in [0.4, 0.5) is 17.5 Å². The monoisotopic (exact) mass is 348 g/mol. The molecule has 2 N–H and O–H groups in total. The van der Waals surface area contributed by atoms with Crippen molar-refractivity contribution in [3.05, 3.63) is 71.9 Å². The lowest BCUT2D eigenvalue weighted by atomic mass is 10.1. The highest BCUT2D eigenvalue weighted by Gasteiger charge is 2.03. The van der Waals surface area contributed by atoms with E-state index in [0.29, 0.717) is 5.95 Å². The molecule has 2 aromatic carbocycles. The van der Waals surface area contributed by atoms with Crippen LogP contribution in [0.15, 0.2) is 60.8 Å². The standard InChI is InChI=1S/C21H24N4O/c1-3-16-8-10-18(11-9-16)24-21-23-15-13-20(25-21)22-14-12-17-6-4-5-7-19(17)26-2/h4-11,13,15H,3,12,14H2,1-2H3,(H2,22,23,24,25). The number of rotatable bonds is 8. The van der Waals surface area contributed by atoms with Gasteiger partial charge < -0.3 is 15.4 Å². The van der Waals surface area contributed by atoms with Gasteiger partial charge in [0.05, 0.1) is 7.11 Å². The van der Waals surface area contributed by atoms with E-state index in [0.717, 1.165) is 36.6 Å². The van der Waals surface area contributed by atoms with E-state index in [1.165, 1.54) is 11.1 Å². The summed E-state index contributed by atoms with van der Waals surface area (Å²) in [6.07, 6.45) is 3.64. The number of ether oxygens (including phenoxy) is 1. The number of hydrogen-bond donors (Lipinski definition) is 2. The van der Waals surface area contributed by atoms with E-state index in [1.807, 2.05) is 36.4 Å². The largest absolute Gasteiger partial charge is 0.496 e. The van der Waals surface area contributed by atoms with Gasteiger partial charge in [-0.3, -0.25) is 0 Å². The molecule has 0 aliphatic carbocycles. The lowest BCUT2D eigenvalue weighted by Gasteiger charge is -2.10. The average molecular weight is 348 g/mol. The highest BCUT2D eigenvalue weighted by atomic mass is 16.5. The van der Waals surface area contributed by atoms with Crippen molar-refractivity contribution in [3.8, 4) is 5.75 Å². The second kappa shape index (κ2) is 8.85. The quantitative estimate of drug-likeness (QED) is 0.630. The predicted molar refractivity (Wildman–Crippen MR) is 106 cm³/mol. The first-order valence-electron chi connectivity index (χ1n) is 8.83. The maximum atomic E-state index is 5.39. The lowest BCUT2D eigenvalue weighted by Crippen LogP contribution is -2.08. The summed E-state index contributed by atoms with van der Waals surface area (Å²) in [6.45, 7) is 2.91. The number of hydrogen-bond acceptors (Lipinski definition) is 5. The molecule has 0 aliphatic rings. The maximum absolute atomic E-state index is 5.39. The fraction of sp³-hybridized carbons (Fsp3) is 0.238. The van der Waals surface area contributed by atoms with Crippen molar-refractivity contribution in [1.29, 1.82) is 0 Å². The summed E-state index contributed by atoms with van der Waals surface area (Å²) in [6, 6.07) is 18.2. The highest BCUT2D eigenvalue weighted by molar-refractivity contribution is 5.55. The number of aryl methyl sites for hydroxylation is 1. The minimum Gasteiger partial charge on any atom is -0.496 e. The van der Waals surface area contributed by atoms with E-state index >= 15 is 0 Å². The number of methoxy groups -OCH3 is 1. The number of aromatic nitrogens is 2. The van der Waals surface area contributed by atoms with E-state index in [2.05, 4.69) is 45.7 Å². The Hall–Kier alpha value is -3.08. The fourth-order valence-corrected chi connectivity index (χ4v) is 2.70. The molecule has 0 saturated heterocycles. The fourth-order valence-electron chi connectivity index (χ4n) is 2.70. The van der Waals surface area contributed by atoms with E-state index in [9.17, 15) is 0 Å². The molecular weight excluding hydrogens is 324 g/mol. The first-order chi connectivity index (χ1) is 12.8. The SMILES string of the molecule is CCc1ccc(Nc2nccc(NCCc3ccccc3OC)n2)cc1. The molecule has 0 fully saturated rings. The van der Waals surface area contributed by atoms with Crippen LogP contribution in [0.25, 0.3) is 0 Å². The number of para-hydroxylation sites is 1. The van der Waals surface area contributed by atoms with Gasteiger partial charge in [-0.1, -0.05) is 37.3 Å². The molecule has 0 amide bonds. The van der Waals surface area contributed by atoms with Crippen LogP contribution < -0.4 is 15.4 Å². The zero-order valence-electron chi connectivity index (χ0n) is 15.2. The summed E-state index contributed by atoms with van der Waals surface area (Å²) in [5, 5.41) is 6.58. The molecule has 0 saturated carbocycles. The van der Waals surface area contributed by atoms with Crippen LogP contribution in [0, 0.1) is 0 Å². The zero-order valence-corrected chi connectivity index (χ0v) is 15.2. The number of nitrogens with one attached hydrogen (secondary N) is 2. The van der Waals surface area contributed by atoms with Gasteiger partial charge in [-0.05, 0) is 48.2 Å². The second-order valence-corrected chi connectivity index (χ2v) is 5.93. The molecule has 0 aliphatic heterocycles. The molecule has 0 unspecified atom stereocenters. The molecule has 3 aromatic rings. The average Bonchev–Trinajstić information content (AvgIpc) is 2.69. The Kier molecular flexibility index (Phi) is 6.04. The lowest BCUT2D eigenvalue weighted by molar-refractivity contribution is 0.410. The van der Waals surface area contributed by atoms with Gasteiger partial charge in [0.15, 0.2) is 0 Å².